The van der Waals surface area contributed by atoms with Gasteiger partial charge in [0.2, 0.25) is 5.75 Å². The number of hydrogen-bond acceptors (Lipinski definition) is 3. The Morgan fingerprint density at radius 1 is 1.41 bits per heavy atom. The number of nitro groups is 1. The molecule has 1 aromatic rings. The molecule has 0 fully saturated rings. The van der Waals surface area contributed by atoms with Crippen molar-refractivity contribution >= 4 is 5.69 Å². The molecule has 1 aromatic carbocycles. The third kappa shape index (κ3) is 3.30. The van der Waals surface area contributed by atoms with Gasteiger partial charge in [-0.3, -0.25) is 10.1 Å². The molecule has 0 spiro atoms. The van der Waals surface area contributed by atoms with E-state index in [0.717, 1.165) is 12.1 Å². The number of nitro benzene ring substituents is 1. The van der Waals surface area contributed by atoms with Gasteiger partial charge in [-0.1, -0.05) is 6.07 Å². The van der Waals surface area contributed by atoms with Crippen LogP contribution in [0.3, 0.4) is 0 Å². The Morgan fingerprint density at radius 3 is 2.47 bits per heavy atom. The van der Waals surface area contributed by atoms with Gasteiger partial charge in [-0.25, -0.2) is 0 Å². The smallest absolute Gasteiger partial charge is 0.445 e. The Hall–Kier alpha value is -1.86. The van der Waals surface area contributed by atoms with Crippen LogP contribution in [0.5, 0.6) is 5.75 Å². The van der Waals surface area contributed by atoms with E-state index >= 15 is 0 Å². The summed E-state index contributed by atoms with van der Waals surface area (Å²) in [5.74, 6) is -0.759. The summed E-state index contributed by atoms with van der Waals surface area (Å²) in [4.78, 5) is 9.59. The highest BCUT2D eigenvalue weighted by Crippen LogP contribution is 2.32. The molecule has 0 aliphatic carbocycles. The number of halogens is 4. The van der Waals surface area contributed by atoms with Crippen LogP contribution in [0.15, 0.2) is 18.2 Å². The van der Waals surface area contributed by atoms with E-state index < -0.39 is 28.9 Å². The minimum atomic E-state index is -5.22. The van der Waals surface area contributed by atoms with Crippen LogP contribution in [0.2, 0.25) is 0 Å². The fraction of sp³-hybridized carbons (Fsp3) is 0.333. The summed E-state index contributed by atoms with van der Waals surface area (Å²) in [7, 11) is 0. The van der Waals surface area contributed by atoms with Crippen molar-refractivity contribution in [2.75, 3.05) is 0 Å². The van der Waals surface area contributed by atoms with E-state index in [9.17, 15) is 27.7 Å². The van der Waals surface area contributed by atoms with E-state index in [1.165, 1.54) is 13.0 Å². The number of benzene rings is 1. The molecule has 1 unspecified atom stereocenters. The lowest BCUT2D eigenvalue weighted by Gasteiger charge is -2.14. The molecular formula is C9H7F4NO3. The highest BCUT2D eigenvalue weighted by Gasteiger charge is 2.43. The van der Waals surface area contributed by atoms with E-state index in [2.05, 4.69) is 4.74 Å². The first-order valence-electron chi connectivity index (χ1n) is 4.34. The molecule has 4 nitrogen and oxygen atoms in total. The zero-order chi connectivity index (χ0) is 13.2. The lowest BCUT2D eigenvalue weighted by molar-refractivity contribution is -0.386. The molecule has 0 saturated heterocycles. The van der Waals surface area contributed by atoms with Crippen LogP contribution in [0.4, 0.5) is 23.2 Å². The number of aryl methyl sites for hydroxylation is 1. The molecule has 0 N–H and O–H groups in total. The summed E-state index contributed by atoms with van der Waals surface area (Å²) < 4.78 is 52.1. The quantitative estimate of drug-likeness (QED) is 0.472. The van der Waals surface area contributed by atoms with Crippen molar-refractivity contribution in [3.8, 4) is 5.75 Å². The monoisotopic (exact) mass is 253 g/mol. The Morgan fingerprint density at radius 2 is 2.00 bits per heavy atom. The minimum Gasteiger partial charge on any atom is -0.445 e. The largest absolute Gasteiger partial charge is 0.457 e. The van der Waals surface area contributed by atoms with Crippen LogP contribution in [0.25, 0.3) is 0 Å². The first-order valence-corrected chi connectivity index (χ1v) is 4.34. The van der Waals surface area contributed by atoms with E-state index in [0.29, 0.717) is 5.56 Å². The minimum absolute atomic E-state index is 0.450. The molecule has 1 rings (SSSR count). The van der Waals surface area contributed by atoms with Gasteiger partial charge in [0.1, 0.15) is 0 Å². The van der Waals surface area contributed by atoms with Crippen molar-refractivity contribution in [2.45, 2.75) is 19.5 Å². The van der Waals surface area contributed by atoms with Crippen LogP contribution in [0.1, 0.15) is 5.56 Å². The Labute approximate surface area is 93.0 Å². The van der Waals surface area contributed by atoms with Crippen molar-refractivity contribution in [3.63, 3.8) is 0 Å². The summed E-state index contributed by atoms with van der Waals surface area (Å²) in [6, 6.07) is 3.20. The maximum atomic E-state index is 12.6. The third-order valence-corrected chi connectivity index (χ3v) is 1.80. The maximum Gasteiger partial charge on any atom is 0.457 e. The van der Waals surface area contributed by atoms with Crippen LogP contribution in [0, 0.1) is 17.0 Å². The Balaban J connectivity index is 3.03. The standard InChI is InChI=1S/C9H7F4NO3/c1-5-2-3-7(6(4-5)14(15)16)17-8(10)9(11,12)13/h2-4,8H,1H3. The lowest BCUT2D eigenvalue weighted by Crippen LogP contribution is -2.30. The van der Waals surface area contributed by atoms with Gasteiger partial charge >= 0.3 is 18.2 Å². The van der Waals surface area contributed by atoms with Crippen LogP contribution >= 0.6 is 0 Å². The van der Waals surface area contributed by atoms with Crippen LogP contribution < -0.4 is 4.74 Å². The summed E-state index contributed by atoms with van der Waals surface area (Å²) in [5.41, 5.74) is -0.261. The molecule has 8 heteroatoms. The van der Waals surface area contributed by atoms with Gasteiger partial charge in [-0.2, -0.15) is 17.6 Å². The van der Waals surface area contributed by atoms with Crippen molar-refractivity contribution < 1.29 is 27.2 Å². The molecule has 1 atom stereocenters. The fourth-order valence-electron chi connectivity index (χ4n) is 1.05. The zero-order valence-corrected chi connectivity index (χ0v) is 8.49. The number of hydrogen-bond donors (Lipinski definition) is 0. The SMILES string of the molecule is Cc1ccc(OC(F)C(F)(F)F)c([N+](=O)[O-])c1. The molecular weight excluding hydrogens is 246 g/mol. The van der Waals surface area contributed by atoms with Gasteiger partial charge in [-0.05, 0) is 18.6 Å². The summed E-state index contributed by atoms with van der Waals surface area (Å²) in [6.45, 7) is 1.51. The molecule has 0 saturated carbocycles. The molecule has 0 heterocycles. The number of alkyl halides is 4. The maximum absolute atomic E-state index is 12.6. The van der Waals surface area contributed by atoms with Gasteiger partial charge < -0.3 is 4.74 Å². The highest BCUT2D eigenvalue weighted by atomic mass is 19.4. The van der Waals surface area contributed by atoms with Crippen molar-refractivity contribution in [3.05, 3.63) is 33.9 Å². The molecule has 0 amide bonds. The third-order valence-electron chi connectivity index (χ3n) is 1.80. The molecule has 0 aliphatic heterocycles. The predicted octanol–water partition coefficient (Wildman–Crippen LogP) is 3.14. The van der Waals surface area contributed by atoms with Gasteiger partial charge in [-0.15, -0.1) is 0 Å². The second-order valence-electron chi connectivity index (χ2n) is 3.20. The molecule has 94 valence electrons. The summed E-state index contributed by atoms with van der Waals surface area (Å²) in [5, 5.41) is 10.5. The highest BCUT2D eigenvalue weighted by molar-refractivity contribution is 5.48. The van der Waals surface area contributed by atoms with Crippen molar-refractivity contribution in [1.82, 2.24) is 0 Å². The number of ether oxygens (including phenoxy) is 1. The zero-order valence-electron chi connectivity index (χ0n) is 8.49. The first kappa shape index (κ1) is 13.2. The van der Waals surface area contributed by atoms with Gasteiger partial charge in [0, 0.05) is 6.07 Å². The topological polar surface area (TPSA) is 52.4 Å². The molecule has 17 heavy (non-hydrogen) atoms. The molecule has 0 radical (unpaired) electrons. The molecule has 0 bridgehead atoms. The van der Waals surface area contributed by atoms with Crippen LogP contribution in [-0.2, 0) is 0 Å². The van der Waals surface area contributed by atoms with Crippen molar-refractivity contribution in [2.24, 2.45) is 0 Å². The fourth-order valence-corrected chi connectivity index (χ4v) is 1.05. The number of rotatable bonds is 3. The van der Waals surface area contributed by atoms with E-state index in [4.69, 9.17) is 0 Å². The summed E-state index contributed by atoms with van der Waals surface area (Å²) >= 11 is 0. The van der Waals surface area contributed by atoms with Crippen LogP contribution in [-0.4, -0.2) is 17.5 Å². The van der Waals surface area contributed by atoms with E-state index in [1.54, 1.807) is 0 Å². The normalized spacial score (nSPS) is 13.2. The second-order valence-corrected chi connectivity index (χ2v) is 3.20. The first-order chi connectivity index (χ1) is 7.71. The van der Waals surface area contributed by atoms with E-state index in [-0.39, 0.29) is 0 Å². The second kappa shape index (κ2) is 4.56. The predicted molar refractivity (Wildman–Crippen MR) is 49.4 cm³/mol. The Bertz CT molecular complexity index is 433. The van der Waals surface area contributed by atoms with Crippen molar-refractivity contribution in [1.29, 1.82) is 0 Å². The number of nitrogens with zero attached hydrogens (tertiary/aromatic N) is 1. The lowest BCUT2D eigenvalue weighted by atomic mass is 10.2. The van der Waals surface area contributed by atoms with Gasteiger partial charge in [0.25, 0.3) is 0 Å². The van der Waals surface area contributed by atoms with Gasteiger partial charge in [0.15, 0.2) is 0 Å². The van der Waals surface area contributed by atoms with Gasteiger partial charge in [0.05, 0.1) is 4.92 Å². The average Bonchev–Trinajstić information content (AvgIpc) is 2.18. The molecule has 0 aliphatic rings. The molecule has 0 aromatic heterocycles. The van der Waals surface area contributed by atoms with E-state index in [1.807, 2.05) is 0 Å². The Kier molecular flexibility index (Phi) is 3.54. The summed E-state index contributed by atoms with van der Waals surface area (Å²) in [6.07, 6.45) is -8.82. The average molecular weight is 253 g/mol.